The van der Waals surface area contributed by atoms with Gasteiger partial charge in [0.25, 0.3) is 0 Å². The van der Waals surface area contributed by atoms with Crippen LogP contribution in [0.25, 0.3) is 0 Å². The summed E-state index contributed by atoms with van der Waals surface area (Å²) in [6.45, 7) is 5.79. The van der Waals surface area contributed by atoms with Gasteiger partial charge in [-0.15, -0.1) is 0 Å². The lowest BCUT2D eigenvalue weighted by molar-refractivity contribution is 0.207. The van der Waals surface area contributed by atoms with Crippen molar-refractivity contribution in [1.82, 2.24) is 9.88 Å². The van der Waals surface area contributed by atoms with Crippen LogP contribution in [0.15, 0.2) is 18.5 Å². The molecule has 90 valence electrons. The third-order valence-electron chi connectivity index (χ3n) is 3.98. The largest absolute Gasteiger partial charge is 0.357 e. The molecule has 2 unspecified atom stereocenters. The van der Waals surface area contributed by atoms with Crippen LogP contribution in [0.4, 0.5) is 0 Å². The van der Waals surface area contributed by atoms with Gasteiger partial charge in [-0.25, -0.2) is 0 Å². The average molecular weight is 220 g/mol. The second-order valence-electron chi connectivity index (χ2n) is 5.48. The third-order valence-corrected chi connectivity index (χ3v) is 3.98. The van der Waals surface area contributed by atoms with Crippen LogP contribution < -0.4 is 5.32 Å². The van der Waals surface area contributed by atoms with Crippen molar-refractivity contribution in [3.05, 3.63) is 24.0 Å². The van der Waals surface area contributed by atoms with Gasteiger partial charge in [0, 0.05) is 32.0 Å². The molecule has 0 bridgehead atoms. The highest BCUT2D eigenvalue weighted by atomic mass is 14.9. The molecule has 0 amide bonds. The number of aryl methyl sites for hydroxylation is 1. The van der Waals surface area contributed by atoms with E-state index in [0.717, 1.165) is 18.4 Å². The molecule has 1 aromatic heterocycles. The minimum Gasteiger partial charge on any atom is -0.357 e. The van der Waals surface area contributed by atoms with Crippen molar-refractivity contribution in [2.45, 2.75) is 45.7 Å². The molecule has 1 aliphatic rings. The normalized spacial score (nSPS) is 30.6. The van der Waals surface area contributed by atoms with Gasteiger partial charge in [-0.1, -0.05) is 20.3 Å². The van der Waals surface area contributed by atoms with E-state index in [1.807, 2.05) is 0 Å². The monoisotopic (exact) mass is 220 g/mol. The number of nitrogens with one attached hydrogen (secondary N) is 1. The molecule has 1 aromatic rings. The first-order valence-corrected chi connectivity index (χ1v) is 6.51. The minimum atomic E-state index is 0.703. The van der Waals surface area contributed by atoms with Crippen LogP contribution in [0.3, 0.4) is 0 Å². The van der Waals surface area contributed by atoms with Crippen LogP contribution in [0.2, 0.25) is 0 Å². The Kier molecular flexibility index (Phi) is 3.70. The van der Waals surface area contributed by atoms with Crippen LogP contribution >= 0.6 is 0 Å². The molecule has 0 saturated heterocycles. The summed E-state index contributed by atoms with van der Waals surface area (Å²) < 4.78 is 2.12. The topological polar surface area (TPSA) is 17.0 Å². The van der Waals surface area contributed by atoms with E-state index in [1.54, 1.807) is 0 Å². The lowest BCUT2D eigenvalue weighted by Gasteiger charge is -2.35. The molecule has 0 aliphatic heterocycles. The van der Waals surface area contributed by atoms with Gasteiger partial charge in [-0.2, -0.15) is 0 Å². The van der Waals surface area contributed by atoms with Crippen molar-refractivity contribution in [1.29, 1.82) is 0 Å². The quantitative estimate of drug-likeness (QED) is 0.828. The zero-order chi connectivity index (χ0) is 11.5. The fourth-order valence-electron chi connectivity index (χ4n) is 2.99. The van der Waals surface area contributed by atoms with Crippen molar-refractivity contribution >= 4 is 0 Å². The number of rotatable bonds is 3. The van der Waals surface area contributed by atoms with Gasteiger partial charge in [0.05, 0.1) is 0 Å². The first-order chi connectivity index (χ1) is 7.66. The van der Waals surface area contributed by atoms with Crippen molar-refractivity contribution in [3.8, 4) is 0 Å². The maximum atomic E-state index is 3.74. The summed E-state index contributed by atoms with van der Waals surface area (Å²) in [7, 11) is 2.08. The lowest BCUT2D eigenvalue weighted by Crippen LogP contribution is -2.42. The van der Waals surface area contributed by atoms with Crippen molar-refractivity contribution < 1.29 is 0 Å². The number of nitrogens with zero attached hydrogens (tertiary/aromatic N) is 1. The second kappa shape index (κ2) is 5.05. The van der Waals surface area contributed by atoms with E-state index in [-0.39, 0.29) is 0 Å². The van der Waals surface area contributed by atoms with E-state index >= 15 is 0 Å². The molecule has 0 aromatic carbocycles. The molecule has 2 nitrogen and oxygen atoms in total. The smallest absolute Gasteiger partial charge is 0.0223 e. The van der Waals surface area contributed by atoms with Gasteiger partial charge in [0.15, 0.2) is 0 Å². The highest BCUT2D eigenvalue weighted by Gasteiger charge is 2.26. The Morgan fingerprint density at radius 1 is 1.31 bits per heavy atom. The van der Waals surface area contributed by atoms with E-state index in [4.69, 9.17) is 0 Å². The zero-order valence-corrected chi connectivity index (χ0v) is 10.7. The summed E-state index contributed by atoms with van der Waals surface area (Å²) >= 11 is 0. The summed E-state index contributed by atoms with van der Waals surface area (Å²) in [5.74, 6) is 1.65. The predicted molar refractivity (Wildman–Crippen MR) is 68.2 cm³/mol. The highest BCUT2D eigenvalue weighted by molar-refractivity contribution is 5.09. The molecule has 2 atom stereocenters. The van der Waals surface area contributed by atoms with Gasteiger partial charge < -0.3 is 9.88 Å². The number of aromatic nitrogens is 1. The fraction of sp³-hybridized carbons (Fsp3) is 0.714. The van der Waals surface area contributed by atoms with Crippen LogP contribution in [0.5, 0.6) is 0 Å². The van der Waals surface area contributed by atoms with Crippen LogP contribution in [0, 0.1) is 11.8 Å². The maximum absolute atomic E-state index is 3.74. The van der Waals surface area contributed by atoms with Gasteiger partial charge in [0.1, 0.15) is 0 Å². The molecular weight excluding hydrogens is 196 g/mol. The summed E-state index contributed by atoms with van der Waals surface area (Å²) in [5.41, 5.74) is 1.40. The first kappa shape index (κ1) is 11.7. The number of hydrogen-bond acceptors (Lipinski definition) is 1. The van der Waals surface area contributed by atoms with Crippen molar-refractivity contribution in [2.24, 2.45) is 18.9 Å². The van der Waals surface area contributed by atoms with Crippen LogP contribution in [-0.2, 0) is 13.6 Å². The van der Waals surface area contributed by atoms with E-state index in [2.05, 4.69) is 49.2 Å². The van der Waals surface area contributed by atoms with E-state index < -0.39 is 0 Å². The van der Waals surface area contributed by atoms with Gasteiger partial charge >= 0.3 is 0 Å². The Morgan fingerprint density at radius 3 is 2.56 bits per heavy atom. The molecule has 2 rings (SSSR count). The molecule has 1 saturated carbocycles. The molecule has 1 aliphatic carbocycles. The van der Waals surface area contributed by atoms with Gasteiger partial charge in [-0.3, -0.25) is 0 Å². The predicted octanol–water partition coefficient (Wildman–Crippen LogP) is 2.94. The van der Waals surface area contributed by atoms with Crippen LogP contribution in [0.1, 0.15) is 38.7 Å². The Morgan fingerprint density at radius 2 is 2.00 bits per heavy atom. The third kappa shape index (κ3) is 2.67. The zero-order valence-electron chi connectivity index (χ0n) is 10.7. The molecule has 0 spiro atoms. The highest BCUT2D eigenvalue weighted by Crippen LogP contribution is 2.28. The molecule has 0 radical (unpaired) electrons. The Labute approximate surface area is 99.0 Å². The van der Waals surface area contributed by atoms with E-state index in [1.165, 1.54) is 24.8 Å². The average Bonchev–Trinajstić information content (AvgIpc) is 2.63. The van der Waals surface area contributed by atoms with Gasteiger partial charge in [-0.05, 0) is 36.3 Å². The standard InChI is InChI=1S/C14H24N2/c1-11-5-4-6-12(2)14(11)15-9-13-7-8-16(3)10-13/h7-8,10-12,14-15H,4-6,9H2,1-3H3. The maximum Gasteiger partial charge on any atom is 0.0223 e. The molecule has 1 N–H and O–H groups in total. The second-order valence-corrected chi connectivity index (χ2v) is 5.48. The lowest BCUT2D eigenvalue weighted by atomic mass is 9.79. The summed E-state index contributed by atoms with van der Waals surface area (Å²) in [4.78, 5) is 0. The Hall–Kier alpha value is -0.760. The van der Waals surface area contributed by atoms with E-state index in [9.17, 15) is 0 Å². The van der Waals surface area contributed by atoms with Crippen molar-refractivity contribution in [2.75, 3.05) is 0 Å². The molecule has 1 heterocycles. The first-order valence-electron chi connectivity index (χ1n) is 6.51. The summed E-state index contributed by atoms with van der Waals surface area (Å²) in [6.07, 6.45) is 8.50. The fourth-order valence-corrected chi connectivity index (χ4v) is 2.99. The Bertz CT molecular complexity index is 319. The minimum absolute atomic E-state index is 0.703. The molecule has 1 fully saturated rings. The number of hydrogen-bond donors (Lipinski definition) is 1. The van der Waals surface area contributed by atoms with Crippen molar-refractivity contribution in [3.63, 3.8) is 0 Å². The van der Waals surface area contributed by atoms with Crippen LogP contribution in [-0.4, -0.2) is 10.6 Å². The summed E-state index contributed by atoms with van der Waals surface area (Å²) in [6, 6.07) is 2.90. The molecule has 16 heavy (non-hydrogen) atoms. The SMILES string of the molecule is CC1CCCC(C)C1NCc1ccn(C)c1. The molecule has 2 heteroatoms. The summed E-state index contributed by atoms with van der Waals surface area (Å²) in [5, 5.41) is 3.74. The van der Waals surface area contributed by atoms with Gasteiger partial charge in [0.2, 0.25) is 0 Å². The molecular formula is C14H24N2. The van der Waals surface area contributed by atoms with E-state index in [0.29, 0.717) is 6.04 Å². The Balaban J connectivity index is 1.88.